The highest BCUT2D eigenvalue weighted by atomic mass is 32.1. The molecule has 1 amide bonds. The van der Waals surface area contributed by atoms with E-state index in [9.17, 15) is 9.90 Å². The molecule has 1 aromatic rings. The molecular weight excluding hydrogens is 260 g/mol. The first kappa shape index (κ1) is 14.3. The smallest absolute Gasteiger partial charge is 0.407 e. The zero-order valence-corrected chi connectivity index (χ0v) is 12.6. The van der Waals surface area contributed by atoms with Gasteiger partial charge >= 0.3 is 6.09 Å². The number of amides is 1. The molecule has 0 spiro atoms. The highest BCUT2D eigenvalue weighted by molar-refractivity contribution is 7.09. The lowest BCUT2D eigenvalue weighted by atomic mass is 9.84. The summed E-state index contributed by atoms with van der Waals surface area (Å²) < 4.78 is 0. The molecule has 106 valence electrons. The quantitative estimate of drug-likeness (QED) is 0.893. The predicted octanol–water partition coefficient (Wildman–Crippen LogP) is 3.95. The van der Waals surface area contributed by atoms with Crippen molar-refractivity contribution in [2.75, 3.05) is 0 Å². The first-order valence-electron chi connectivity index (χ1n) is 6.81. The number of hydrogen-bond acceptors (Lipinski definition) is 3. The molecule has 0 saturated heterocycles. The SMILES string of the molecule is CC(C)(C)N(C(=O)O)C1CCC(c2nccs2)CC1. The van der Waals surface area contributed by atoms with Crippen LogP contribution in [0.3, 0.4) is 0 Å². The Morgan fingerprint density at radius 1 is 1.37 bits per heavy atom. The normalized spacial score (nSPS) is 24.2. The van der Waals surface area contributed by atoms with Gasteiger partial charge in [-0.2, -0.15) is 0 Å². The fraction of sp³-hybridized carbons (Fsp3) is 0.714. The number of carbonyl (C=O) groups is 1. The van der Waals surface area contributed by atoms with Crippen LogP contribution in [0.1, 0.15) is 57.4 Å². The van der Waals surface area contributed by atoms with Gasteiger partial charge in [-0.05, 0) is 46.5 Å². The summed E-state index contributed by atoms with van der Waals surface area (Å²) >= 11 is 1.71. The third-order valence-electron chi connectivity index (χ3n) is 3.79. The first-order chi connectivity index (χ1) is 8.89. The van der Waals surface area contributed by atoms with E-state index in [0.29, 0.717) is 5.92 Å². The van der Waals surface area contributed by atoms with Crippen LogP contribution in [0.25, 0.3) is 0 Å². The molecule has 1 aliphatic carbocycles. The zero-order chi connectivity index (χ0) is 14.0. The summed E-state index contributed by atoms with van der Waals surface area (Å²) in [5.41, 5.74) is -0.329. The van der Waals surface area contributed by atoms with Crippen LogP contribution in [0.5, 0.6) is 0 Å². The molecule has 0 bridgehead atoms. The van der Waals surface area contributed by atoms with Crippen molar-refractivity contribution in [1.82, 2.24) is 9.88 Å². The molecule has 0 radical (unpaired) electrons. The maximum Gasteiger partial charge on any atom is 0.407 e. The van der Waals surface area contributed by atoms with Crippen molar-refractivity contribution >= 4 is 17.4 Å². The van der Waals surface area contributed by atoms with Crippen LogP contribution >= 0.6 is 11.3 Å². The van der Waals surface area contributed by atoms with Crippen LogP contribution in [0.2, 0.25) is 0 Å². The highest BCUT2D eigenvalue weighted by Gasteiger charge is 2.36. The van der Waals surface area contributed by atoms with E-state index in [-0.39, 0.29) is 11.6 Å². The lowest BCUT2D eigenvalue weighted by Gasteiger charge is -2.42. The summed E-state index contributed by atoms with van der Waals surface area (Å²) in [4.78, 5) is 17.5. The van der Waals surface area contributed by atoms with E-state index >= 15 is 0 Å². The molecular formula is C14H22N2O2S. The number of aromatic nitrogens is 1. The van der Waals surface area contributed by atoms with Gasteiger partial charge in [-0.25, -0.2) is 9.78 Å². The maximum absolute atomic E-state index is 11.5. The lowest BCUT2D eigenvalue weighted by molar-refractivity contribution is 0.0546. The second kappa shape index (κ2) is 5.49. The van der Waals surface area contributed by atoms with Crippen LogP contribution in [0, 0.1) is 0 Å². The summed E-state index contributed by atoms with van der Waals surface area (Å²) in [5.74, 6) is 0.520. The minimum atomic E-state index is -0.801. The first-order valence-corrected chi connectivity index (χ1v) is 7.69. The van der Waals surface area contributed by atoms with Crippen LogP contribution in [0.15, 0.2) is 11.6 Å². The van der Waals surface area contributed by atoms with Crippen LogP contribution in [-0.4, -0.2) is 32.7 Å². The van der Waals surface area contributed by atoms with Crippen molar-refractivity contribution < 1.29 is 9.90 Å². The van der Waals surface area contributed by atoms with Crippen molar-refractivity contribution in [1.29, 1.82) is 0 Å². The van der Waals surface area contributed by atoms with Crippen molar-refractivity contribution in [3.63, 3.8) is 0 Å². The number of carboxylic acid groups (broad SMARTS) is 1. The molecule has 0 unspecified atom stereocenters. The van der Waals surface area contributed by atoms with Gasteiger partial charge in [-0.3, -0.25) is 0 Å². The third kappa shape index (κ3) is 3.26. The second-order valence-corrected chi connectivity index (χ2v) is 7.13. The molecule has 0 aliphatic heterocycles. The standard InChI is InChI=1S/C14H22N2O2S/c1-14(2,3)16(13(17)18)11-6-4-10(5-7-11)12-15-8-9-19-12/h8-11H,4-7H2,1-3H3,(H,17,18). The predicted molar refractivity (Wildman–Crippen MR) is 76.7 cm³/mol. The molecule has 1 aromatic heterocycles. The van der Waals surface area contributed by atoms with Crippen molar-refractivity contribution in [2.45, 2.75) is 64.0 Å². The molecule has 1 aliphatic rings. The Hall–Kier alpha value is -1.10. The largest absolute Gasteiger partial charge is 0.465 e. The topological polar surface area (TPSA) is 53.4 Å². The van der Waals surface area contributed by atoms with Crippen LogP contribution < -0.4 is 0 Å². The Bertz CT molecular complexity index is 417. The molecule has 0 atom stereocenters. The molecule has 1 fully saturated rings. The Balaban J connectivity index is 2.00. The van der Waals surface area contributed by atoms with E-state index in [1.54, 1.807) is 16.2 Å². The Morgan fingerprint density at radius 2 is 2.00 bits per heavy atom. The van der Waals surface area contributed by atoms with E-state index in [4.69, 9.17) is 0 Å². The number of nitrogens with zero attached hydrogens (tertiary/aromatic N) is 2. The molecule has 1 N–H and O–H groups in total. The Kier molecular flexibility index (Phi) is 4.13. The van der Waals surface area contributed by atoms with Crippen molar-refractivity contribution in [3.8, 4) is 0 Å². The molecule has 2 rings (SSSR count). The summed E-state index contributed by atoms with van der Waals surface area (Å²) in [6.45, 7) is 5.90. The van der Waals surface area contributed by atoms with E-state index in [2.05, 4.69) is 4.98 Å². The minimum absolute atomic E-state index is 0.147. The fourth-order valence-corrected chi connectivity index (χ4v) is 3.82. The summed E-state index contributed by atoms with van der Waals surface area (Å²) in [5, 5.41) is 12.6. The van der Waals surface area contributed by atoms with Gasteiger partial charge in [0.1, 0.15) is 0 Å². The Morgan fingerprint density at radius 3 is 2.42 bits per heavy atom. The second-order valence-electron chi connectivity index (χ2n) is 6.20. The summed E-state index contributed by atoms with van der Waals surface area (Å²) in [6.07, 6.45) is 5.01. The number of hydrogen-bond donors (Lipinski definition) is 1. The van der Waals surface area contributed by atoms with E-state index < -0.39 is 6.09 Å². The van der Waals surface area contributed by atoms with Gasteiger partial charge in [-0.15, -0.1) is 11.3 Å². The highest BCUT2D eigenvalue weighted by Crippen LogP contribution is 2.37. The van der Waals surface area contributed by atoms with E-state index in [1.807, 2.05) is 32.3 Å². The van der Waals surface area contributed by atoms with E-state index in [1.165, 1.54) is 5.01 Å². The van der Waals surface area contributed by atoms with Gasteiger partial charge in [0.25, 0.3) is 0 Å². The summed E-state index contributed by atoms with van der Waals surface area (Å²) in [7, 11) is 0. The monoisotopic (exact) mass is 282 g/mol. The van der Waals surface area contributed by atoms with Gasteiger partial charge < -0.3 is 10.0 Å². The molecule has 5 heteroatoms. The Labute approximate surface area is 118 Å². The molecule has 0 aromatic carbocycles. The maximum atomic E-state index is 11.5. The lowest BCUT2D eigenvalue weighted by Crippen LogP contribution is -2.52. The number of thiazole rings is 1. The molecule has 1 saturated carbocycles. The van der Waals surface area contributed by atoms with Gasteiger partial charge in [0.2, 0.25) is 0 Å². The number of rotatable bonds is 2. The van der Waals surface area contributed by atoms with Crippen molar-refractivity contribution in [2.24, 2.45) is 0 Å². The van der Waals surface area contributed by atoms with Gasteiger partial charge in [0.15, 0.2) is 0 Å². The average molecular weight is 282 g/mol. The van der Waals surface area contributed by atoms with Gasteiger partial charge in [0.05, 0.1) is 5.01 Å². The summed E-state index contributed by atoms with van der Waals surface area (Å²) in [6, 6.07) is 0.147. The zero-order valence-electron chi connectivity index (χ0n) is 11.8. The van der Waals surface area contributed by atoms with Crippen molar-refractivity contribution in [3.05, 3.63) is 16.6 Å². The average Bonchev–Trinajstić information content (AvgIpc) is 2.81. The molecule has 19 heavy (non-hydrogen) atoms. The van der Waals surface area contributed by atoms with E-state index in [0.717, 1.165) is 25.7 Å². The van der Waals surface area contributed by atoms with Gasteiger partial charge in [0, 0.05) is 29.1 Å². The van der Waals surface area contributed by atoms with Crippen LogP contribution in [-0.2, 0) is 0 Å². The fourth-order valence-electron chi connectivity index (χ4n) is 3.01. The van der Waals surface area contributed by atoms with Gasteiger partial charge in [-0.1, -0.05) is 0 Å². The third-order valence-corrected chi connectivity index (χ3v) is 4.73. The van der Waals surface area contributed by atoms with Crippen LogP contribution in [0.4, 0.5) is 4.79 Å². The molecule has 4 nitrogen and oxygen atoms in total. The minimum Gasteiger partial charge on any atom is -0.465 e. The molecule has 1 heterocycles.